The lowest BCUT2D eigenvalue weighted by Crippen LogP contribution is -2.35. The third-order valence-corrected chi connectivity index (χ3v) is 6.32. The average molecular weight is 435 g/mol. The Bertz CT molecular complexity index is 767. The van der Waals surface area contributed by atoms with Gasteiger partial charge in [-0.1, -0.05) is 31.5 Å². The number of allylic oxidation sites excluding steroid dienone is 4. The first-order valence-corrected chi connectivity index (χ1v) is 11.6. The predicted octanol–water partition coefficient (Wildman–Crippen LogP) is 7.11. The van der Waals surface area contributed by atoms with Crippen LogP contribution in [0.25, 0.3) is 0 Å². The van der Waals surface area contributed by atoms with E-state index >= 15 is 0 Å². The van der Waals surface area contributed by atoms with Crippen molar-refractivity contribution in [2.45, 2.75) is 80.3 Å². The van der Waals surface area contributed by atoms with Crippen molar-refractivity contribution >= 4 is 23.9 Å². The molecule has 3 unspecified atom stereocenters. The number of carbonyl (C=O) groups is 1. The van der Waals surface area contributed by atoms with Crippen molar-refractivity contribution < 1.29 is 9.53 Å². The summed E-state index contributed by atoms with van der Waals surface area (Å²) < 4.78 is 5.59. The van der Waals surface area contributed by atoms with Crippen LogP contribution >= 0.6 is 11.6 Å². The van der Waals surface area contributed by atoms with Gasteiger partial charge in [0.25, 0.3) is 0 Å². The standard InChI is InChI=1S/C25H39ClN2O2/c1-9-16(2)14-27-23-18(4)21(11-10-17(3)22(23)19(5)26)20-12-13-28(15-20)24(29)30-25(6,7)8/h10,14,16,20-21H,9,11-13,15H2,1-8H3. The zero-order valence-electron chi connectivity index (χ0n) is 20.0. The molecule has 0 aromatic heterocycles. The van der Waals surface area contributed by atoms with Gasteiger partial charge in [0.2, 0.25) is 0 Å². The van der Waals surface area contributed by atoms with E-state index in [1.54, 1.807) is 0 Å². The zero-order chi connectivity index (χ0) is 22.6. The van der Waals surface area contributed by atoms with E-state index in [1.165, 1.54) is 11.1 Å². The lowest BCUT2D eigenvalue weighted by atomic mass is 9.83. The summed E-state index contributed by atoms with van der Waals surface area (Å²) >= 11 is 6.53. The summed E-state index contributed by atoms with van der Waals surface area (Å²) in [6.07, 6.45) is 7.11. The Labute approximate surface area is 188 Å². The molecule has 1 saturated heterocycles. The summed E-state index contributed by atoms with van der Waals surface area (Å²) in [6.45, 7) is 17.8. The molecule has 168 valence electrons. The van der Waals surface area contributed by atoms with Gasteiger partial charge in [0.15, 0.2) is 0 Å². The van der Waals surface area contributed by atoms with Crippen molar-refractivity contribution in [1.82, 2.24) is 4.90 Å². The van der Waals surface area contributed by atoms with Crippen LogP contribution in [0.2, 0.25) is 0 Å². The quantitative estimate of drug-likeness (QED) is 0.442. The van der Waals surface area contributed by atoms with Gasteiger partial charge in [-0.05, 0) is 89.7 Å². The average Bonchev–Trinajstić information content (AvgIpc) is 3.08. The Balaban J connectivity index is 2.34. The highest BCUT2D eigenvalue weighted by Crippen LogP contribution is 2.41. The van der Waals surface area contributed by atoms with Crippen LogP contribution in [-0.4, -0.2) is 35.9 Å². The van der Waals surface area contributed by atoms with Gasteiger partial charge < -0.3 is 9.64 Å². The molecule has 0 aromatic carbocycles. The van der Waals surface area contributed by atoms with Crippen LogP contribution < -0.4 is 0 Å². The Morgan fingerprint density at radius 3 is 2.63 bits per heavy atom. The van der Waals surface area contributed by atoms with E-state index in [-0.39, 0.29) is 6.09 Å². The van der Waals surface area contributed by atoms with E-state index < -0.39 is 5.60 Å². The molecule has 3 atom stereocenters. The lowest BCUT2D eigenvalue weighted by molar-refractivity contribution is 0.0285. The molecule has 0 aromatic rings. The number of ether oxygens (including phenoxy) is 1. The van der Waals surface area contributed by atoms with Gasteiger partial charge in [-0.25, -0.2) is 4.79 Å². The minimum atomic E-state index is -0.470. The molecule has 0 saturated carbocycles. The maximum absolute atomic E-state index is 12.5. The highest BCUT2D eigenvalue weighted by molar-refractivity contribution is 6.30. The summed E-state index contributed by atoms with van der Waals surface area (Å²) in [4.78, 5) is 19.3. The molecule has 1 heterocycles. The van der Waals surface area contributed by atoms with Gasteiger partial charge >= 0.3 is 6.09 Å². The number of halogens is 1. The molecule has 1 fully saturated rings. The van der Waals surface area contributed by atoms with Gasteiger partial charge in [-0.3, -0.25) is 4.99 Å². The normalized spacial score (nSPS) is 26.0. The number of likely N-dealkylation sites (tertiary alicyclic amines) is 1. The molecule has 2 aliphatic rings. The fraction of sp³-hybridized carbons (Fsp3) is 0.680. The molecule has 1 amide bonds. The summed E-state index contributed by atoms with van der Waals surface area (Å²) in [6, 6.07) is 0. The topological polar surface area (TPSA) is 41.9 Å². The number of rotatable bonds is 4. The smallest absolute Gasteiger partial charge is 0.410 e. The maximum Gasteiger partial charge on any atom is 0.410 e. The lowest BCUT2D eigenvalue weighted by Gasteiger charge is -2.26. The van der Waals surface area contributed by atoms with Crippen LogP contribution in [0, 0.1) is 17.8 Å². The highest BCUT2D eigenvalue weighted by Gasteiger charge is 2.36. The molecular formula is C25H39ClN2O2. The van der Waals surface area contributed by atoms with Crippen LogP contribution in [0.1, 0.15) is 74.7 Å². The van der Waals surface area contributed by atoms with Crippen molar-refractivity contribution in [3.05, 3.63) is 33.5 Å². The van der Waals surface area contributed by atoms with E-state index in [4.69, 9.17) is 21.3 Å². The third-order valence-electron chi connectivity index (χ3n) is 6.13. The Morgan fingerprint density at radius 2 is 2.07 bits per heavy atom. The number of amides is 1. The molecule has 30 heavy (non-hydrogen) atoms. The monoisotopic (exact) mass is 434 g/mol. The zero-order valence-corrected chi connectivity index (χ0v) is 20.8. The summed E-state index contributed by atoms with van der Waals surface area (Å²) in [7, 11) is 0. The van der Waals surface area contributed by atoms with Crippen molar-refractivity contribution in [2.24, 2.45) is 22.7 Å². The molecule has 1 aliphatic carbocycles. The minimum absolute atomic E-state index is 0.209. The number of carbonyl (C=O) groups excluding carboxylic acids is 1. The van der Waals surface area contributed by atoms with Crippen LogP contribution in [0.15, 0.2) is 38.5 Å². The molecule has 1 aliphatic heterocycles. The van der Waals surface area contributed by atoms with Crippen LogP contribution in [0.4, 0.5) is 4.79 Å². The second-order valence-electron chi connectivity index (χ2n) is 9.81. The SMILES string of the molecule is CCC(C)C=NC1=C(C)C(C2CCN(C(=O)OC(C)(C)C)C2)CC=C(C)C1=C(C)Cl. The van der Waals surface area contributed by atoms with E-state index in [0.717, 1.165) is 48.7 Å². The fourth-order valence-corrected chi connectivity index (χ4v) is 4.44. The van der Waals surface area contributed by atoms with Gasteiger partial charge in [-0.15, -0.1) is 0 Å². The van der Waals surface area contributed by atoms with E-state index in [9.17, 15) is 4.79 Å². The molecule has 0 N–H and O–H groups in total. The number of hydrogen-bond acceptors (Lipinski definition) is 3. The van der Waals surface area contributed by atoms with Gasteiger partial charge in [0.05, 0.1) is 5.70 Å². The van der Waals surface area contributed by atoms with Crippen LogP contribution in [0.5, 0.6) is 0 Å². The van der Waals surface area contributed by atoms with E-state index in [2.05, 4.69) is 40.0 Å². The van der Waals surface area contributed by atoms with Crippen molar-refractivity contribution in [2.75, 3.05) is 13.1 Å². The summed E-state index contributed by atoms with van der Waals surface area (Å²) in [5.74, 6) is 1.15. The van der Waals surface area contributed by atoms with Crippen molar-refractivity contribution in [1.29, 1.82) is 0 Å². The van der Waals surface area contributed by atoms with E-state index in [1.807, 2.05) is 32.6 Å². The molecule has 2 rings (SSSR count). The highest BCUT2D eigenvalue weighted by atomic mass is 35.5. The van der Waals surface area contributed by atoms with Gasteiger partial charge in [0, 0.05) is 29.9 Å². The number of aliphatic imine (C=N–C) groups is 1. The van der Waals surface area contributed by atoms with E-state index in [0.29, 0.717) is 17.8 Å². The fourth-order valence-electron chi connectivity index (χ4n) is 4.20. The van der Waals surface area contributed by atoms with Crippen molar-refractivity contribution in [3.8, 4) is 0 Å². The Hall–Kier alpha value is -1.55. The second kappa shape index (κ2) is 10.2. The van der Waals surface area contributed by atoms with Crippen molar-refractivity contribution in [3.63, 3.8) is 0 Å². The molecule has 4 nitrogen and oxygen atoms in total. The largest absolute Gasteiger partial charge is 0.444 e. The summed E-state index contributed by atoms with van der Waals surface area (Å²) in [5.41, 5.74) is 4.05. The number of hydrogen-bond donors (Lipinski definition) is 0. The molecule has 0 spiro atoms. The minimum Gasteiger partial charge on any atom is -0.444 e. The third kappa shape index (κ3) is 6.23. The Kier molecular flexibility index (Phi) is 8.38. The molecule has 5 heteroatoms. The number of nitrogens with zero attached hydrogens (tertiary/aromatic N) is 2. The first-order valence-electron chi connectivity index (χ1n) is 11.2. The Morgan fingerprint density at radius 1 is 1.40 bits per heavy atom. The first-order chi connectivity index (χ1) is 13.9. The molecule has 0 radical (unpaired) electrons. The van der Waals surface area contributed by atoms with Gasteiger partial charge in [0.1, 0.15) is 5.60 Å². The predicted molar refractivity (Wildman–Crippen MR) is 127 cm³/mol. The maximum atomic E-state index is 12.5. The first kappa shape index (κ1) is 24.7. The molecular weight excluding hydrogens is 396 g/mol. The molecule has 0 bridgehead atoms. The summed E-state index contributed by atoms with van der Waals surface area (Å²) in [5, 5.41) is 0.779. The second-order valence-corrected chi connectivity index (χ2v) is 10.4. The van der Waals surface area contributed by atoms with Crippen LogP contribution in [0.3, 0.4) is 0 Å². The van der Waals surface area contributed by atoms with Gasteiger partial charge in [-0.2, -0.15) is 0 Å². The van der Waals surface area contributed by atoms with Crippen LogP contribution in [-0.2, 0) is 4.74 Å².